The fraction of sp³-hybridized carbons (Fsp3) is 0.733. The predicted octanol–water partition coefficient (Wildman–Crippen LogP) is 6.15. The Balaban J connectivity index is 2.59. The monoisotopic (exact) mass is 577 g/mol. The molecule has 8 nitrogen and oxygen atoms in total. The van der Waals surface area contributed by atoms with Crippen LogP contribution >= 0.6 is 0 Å². The minimum absolute atomic E-state index is 0.176. The van der Waals surface area contributed by atoms with E-state index < -0.39 is 50.3 Å². The van der Waals surface area contributed by atoms with E-state index in [0.29, 0.717) is 22.4 Å². The Bertz CT molecular complexity index is 1010. The quantitative estimate of drug-likeness (QED) is 0.263. The number of hydrogen-bond donors (Lipinski definition) is 1. The number of amides is 1. The van der Waals surface area contributed by atoms with Gasteiger partial charge in [-0.15, -0.1) is 0 Å². The third kappa shape index (κ3) is 7.82. The van der Waals surface area contributed by atoms with E-state index in [1.165, 1.54) is 7.11 Å². The molecular weight excluding hydrogens is 525 g/mol. The van der Waals surface area contributed by atoms with Crippen LogP contribution in [0.5, 0.6) is 5.75 Å². The molecule has 0 unspecified atom stereocenters. The molecule has 1 amide bonds. The first-order valence-electron chi connectivity index (χ1n) is 14.4. The first-order valence-corrected chi connectivity index (χ1v) is 16.5. The van der Waals surface area contributed by atoms with Crippen LogP contribution in [0.2, 0.25) is 16.6 Å². The zero-order valence-corrected chi connectivity index (χ0v) is 28.2. The van der Waals surface area contributed by atoms with Gasteiger partial charge in [0.2, 0.25) is 0 Å². The van der Waals surface area contributed by atoms with Crippen molar-refractivity contribution in [3.63, 3.8) is 0 Å². The molecule has 1 aromatic carbocycles. The van der Waals surface area contributed by atoms with E-state index in [-0.39, 0.29) is 6.42 Å². The summed E-state index contributed by atoms with van der Waals surface area (Å²) in [5.41, 5.74) is 0.941. The van der Waals surface area contributed by atoms with Gasteiger partial charge in [0.05, 0.1) is 18.3 Å². The topological polar surface area (TPSA) is 92.3 Å². The Labute approximate surface area is 243 Å². The Kier molecular flexibility index (Phi) is 10.6. The van der Waals surface area contributed by atoms with Gasteiger partial charge in [0.1, 0.15) is 17.4 Å². The highest BCUT2D eigenvalue weighted by atomic mass is 28.4. The number of carbonyl (C=O) groups excluding carboxylic acids is 2. The van der Waals surface area contributed by atoms with Crippen LogP contribution in [0, 0.1) is 0 Å². The number of hydrogen-bond acceptors (Lipinski definition) is 7. The Morgan fingerprint density at radius 2 is 1.43 bits per heavy atom. The summed E-state index contributed by atoms with van der Waals surface area (Å²) in [6.45, 7) is 26.8. The summed E-state index contributed by atoms with van der Waals surface area (Å²) >= 11 is 0. The summed E-state index contributed by atoms with van der Waals surface area (Å²) in [7, 11) is -1.61. The summed E-state index contributed by atoms with van der Waals surface area (Å²) in [4.78, 5) is 25.3. The van der Waals surface area contributed by atoms with Crippen molar-refractivity contribution in [1.82, 2.24) is 5.32 Å². The summed E-state index contributed by atoms with van der Waals surface area (Å²) in [5.74, 6) is 0.149. The molecule has 1 fully saturated rings. The molecule has 10 heteroatoms. The highest BCUT2D eigenvalue weighted by Gasteiger charge is 2.52. The van der Waals surface area contributed by atoms with Crippen molar-refractivity contribution in [2.75, 3.05) is 7.11 Å². The van der Waals surface area contributed by atoms with E-state index in [1.807, 2.05) is 45.9 Å². The standard InChI is InChI=1S/C30H52BNO7Si/c1-19(2)40(20(3)4,21(5)6)37-24-16-22(15-23(18-24)31-38-29(10,11)30(12,13)39-31)17-25(26(33)35-14)32-27(34)36-28(7,8)9/h15-16,18-21,25H,17H2,1-14H3,(H,32,34)/t25-/m0/s1. The van der Waals surface area contributed by atoms with Gasteiger partial charge in [0.15, 0.2) is 0 Å². The summed E-state index contributed by atoms with van der Waals surface area (Å²) in [6.07, 6.45) is -0.512. The molecular formula is C30H52BNO7Si. The lowest BCUT2D eigenvalue weighted by Gasteiger charge is -2.42. The smallest absolute Gasteiger partial charge is 0.494 e. The molecule has 2 rings (SSSR count). The number of ether oxygens (including phenoxy) is 2. The lowest BCUT2D eigenvalue weighted by atomic mass is 9.78. The molecule has 0 aromatic heterocycles. The van der Waals surface area contributed by atoms with E-state index in [9.17, 15) is 9.59 Å². The second kappa shape index (κ2) is 12.5. The number of carbonyl (C=O) groups is 2. The maximum atomic E-state index is 12.7. The van der Waals surface area contributed by atoms with Crippen LogP contribution in [0.15, 0.2) is 18.2 Å². The molecule has 0 spiro atoms. The van der Waals surface area contributed by atoms with E-state index >= 15 is 0 Å². The first-order chi connectivity index (χ1) is 18.1. The predicted molar refractivity (Wildman–Crippen MR) is 163 cm³/mol. The van der Waals surface area contributed by atoms with Gasteiger partial charge >= 0.3 is 19.2 Å². The molecule has 1 aliphatic heterocycles. The minimum Gasteiger partial charge on any atom is -0.543 e. The van der Waals surface area contributed by atoms with E-state index in [4.69, 9.17) is 23.2 Å². The van der Waals surface area contributed by atoms with Crippen LogP contribution < -0.4 is 15.2 Å². The zero-order valence-electron chi connectivity index (χ0n) is 27.2. The zero-order chi connectivity index (χ0) is 30.8. The second-order valence-corrected chi connectivity index (χ2v) is 19.2. The van der Waals surface area contributed by atoms with Gasteiger partial charge in [-0.25, -0.2) is 9.59 Å². The van der Waals surface area contributed by atoms with Crippen molar-refractivity contribution in [2.45, 2.75) is 136 Å². The molecule has 0 saturated carbocycles. The number of nitrogens with one attached hydrogen (secondary N) is 1. The highest BCUT2D eigenvalue weighted by molar-refractivity contribution is 6.78. The summed E-state index contributed by atoms with van der Waals surface area (Å²) in [5, 5.41) is 2.68. The average Bonchev–Trinajstić information content (AvgIpc) is 3.01. The molecule has 1 aliphatic rings. The molecule has 1 heterocycles. The van der Waals surface area contributed by atoms with Gasteiger partial charge in [-0.3, -0.25) is 0 Å². The van der Waals surface area contributed by atoms with E-state index in [2.05, 4.69) is 46.9 Å². The van der Waals surface area contributed by atoms with Gasteiger partial charge in [-0.1, -0.05) is 47.6 Å². The van der Waals surface area contributed by atoms with Crippen molar-refractivity contribution in [3.8, 4) is 5.75 Å². The first kappa shape index (κ1) is 34.2. The van der Waals surface area contributed by atoms with Gasteiger partial charge in [0.25, 0.3) is 8.32 Å². The van der Waals surface area contributed by atoms with Crippen molar-refractivity contribution >= 4 is 33.0 Å². The van der Waals surface area contributed by atoms with Crippen LogP contribution in [-0.2, 0) is 30.0 Å². The van der Waals surface area contributed by atoms with E-state index in [1.54, 1.807) is 20.8 Å². The SMILES string of the molecule is COC(=O)[C@H](Cc1cc(O[Si](C(C)C)(C(C)C)C(C)C)cc(B2OC(C)(C)C(C)(C)O2)c1)NC(=O)OC(C)(C)C. The largest absolute Gasteiger partial charge is 0.543 e. The number of benzene rings is 1. The molecule has 0 radical (unpaired) electrons. The van der Waals surface area contributed by atoms with Gasteiger partial charge in [-0.2, -0.15) is 0 Å². The Morgan fingerprint density at radius 1 is 0.925 bits per heavy atom. The van der Waals surface area contributed by atoms with Gasteiger partial charge < -0.3 is 28.5 Å². The number of alkyl carbamates (subject to hydrolysis) is 1. The Hall–Kier alpha value is -2.04. The number of rotatable bonds is 10. The van der Waals surface area contributed by atoms with E-state index in [0.717, 1.165) is 11.0 Å². The molecule has 1 aromatic rings. The highest BCUT2D eigenvalue weighted by Crippen LogP contribution is 2.43. The fourth-order valence-electron chi connectivity index (χ4n) is 5.56. The molecule has 226 valence electrons. The minimum atomic E-state index is -2.30. The maximum Gasteiger partial charge on any atom is 0.494 e. The van der Waals surface area contributed by atoms with Crippen LogP contribution in [0.25, 0.3) is 0 Å². The molecule has 1 atom stereocenters. The third-order valence-corrected chi connectivity index (χ3v) is 14.1. The van der Waals surface area contributed by atoms with Crippen LogP contribution in [0.4, 0.5) is 4.79 Å². The molecule has 1 N–H and O–H groups in total. The van der Waals surface area contributed by atoms with Crippen LogP contribution in [-0.4, -0.2) is 57.5 Å². The summed E-state index contributed by atoms with van der Waals surface area (Å²) < 4.78 is 30.2. The third-order valence-electron chi connectivity index (χ3n) is 8.13. The molecule has 40 heavy (non-hydrogen) atoms. The molecule has 1 saturated heterocycles. The van der Waals surface area contributed by atoms with Gasteiger partial charge in [0, 0.05) is 6.42 Å². The lowest BCUT2D eigenvalue weighted by molar-refractivity contribution is -0.143. The van der Waals surface area contributed by atoms with Crippen molar-refractivity contribution in [1.29, 1.82) is 0 Å². The van der Waals surface area contributed by atoms with Crippen molar-refractivity contribution in [2.24, 2.45) is 0 Å². The normalized spacial score (nSPS) is 17.8. The van der Waals surface area contributed by atoms with Crippen molar-refractivity contribution in [3.05, 3.63) is 23.8 Å². The molecule has 0 aliphatic carbocycles. The van der Waals surface area contributed by atoms with Crippen LogP contribution in [0.3, 0.4) is 0 Å². The Morgan fingerprint density at radius 3 is 1.85 bits per heavy atom. The lowest BCUT2D eigenvalue weighted by Crippen LogP contribution is -2.51. The van der Waals surface area contributed by atoms with Crippen LogP contribution in [0.1, 0.15) is 95.6 Å². The average molecular weight is 578 g/mol. The maximum absolute atomic E-state index is 12.7. The van der Waals surface area contributed by atoms with Crippen molar-refractivity contribution < 1.29 is 32.8 Å². The van der Waals surface area contributed by atoms with Gasteiger partial charge in [-0.05, 0) is 88.2 Å². The number of methoxy groups -OCH3 is 1. The molecule has 0 bridgehead atoms. The summed E-state index contributed by atoms with van der Waals surface area (Å²) in [6, 6.07) is 4.94. The fourth-order valence-corrected chi connectivity index (χ4v) is 10.8. The second-order valence-electron chi connectivity index (χ2n) is 13.8. The number of esters is 1.